The van der Waals surface area contributed by atoms with Gasteiger partial charge in [-0.15, -0.1) is 0 Å². The minimum absolute atomic E-state index is 0.172. The maximum absolute atomic E-state index is 14.3. The number of halogens is 4. The second-order valence-corrected chi connectivity index (χ2v) is 7.64. The third kappa shape index (κ3) is 5.06. The van der Waals surface area contributed by atoms with Gasteiger partial charge in [0.05, 0.1) is 36.9 Å². The highest BCUT2D eigenvalue weighted by molar-refractivity contribution is 5.63. The SMILES string of the molecule is Fc1cnc(-c2coc(-c3ccc(Nc4cccc(C(F)(F)F)c4)cn3)n2)nc1N1CCOCC1. The summed E-state index contributed by atoms with van der Waals surface area (Å²) in [7, 11) is 0. The summed E-state index contributed by atoms with van der Waals surface area (Å²) in [6.07, 6.45) is -0.541. The van der Waals surface area contributed by atoms with Crippen LogP contribution >= 0.6 is 0 Å². The number of hydrogen-bond donors (Lipinski definition) is 1. The molecule has 0 bridgehead atoms. The maximum Gasteiger partial charge on any atom is 0.416 e. The lowest BCUT2D eigenvalue weighted by molar-refractivity contribution is -0.137. The van der Waals surface area contributed by atoms with Gasteiger partial charge in [0.25, 0.3) is 0 Å². The lowest BCUT2D eigenvalue weighted by Gasteiger charge is -2.27. The molecule has 12 heteroatoms. The van der Waals surface area contributed by atoms with Gasteiger partial charge in [0.15, 0.2) is 17.5 Å². The first-order chi connectivity index (χ1) is 16.9. The van der Waals surface area contributed by atoms with E-state index in [2.05, 4.69) is 25.3 Å². The molecule has 0 saturated carbocycles. The first-order valence-corrected chi connectivity index (χ1v) is 10.6. The fourth-order valence-electron chi connectivity index (χ4n) is 3.51. The van der Waals surface area contributed by atoms with Crippen LogP contribution in [0.2, 0.25) is 0 Å². The van der Waals surface area contributed by atoms with E-state index in [1.165, 1.54) is 24.6 Å². The molecule has 0 spiro atoms. The van der Waals surface area contributed by atoms with Crippen molar-refractivity contribution in [2.24, 2.45) is 0 Å². The Kier molecular flexibility index (Phi) is 6.03. The second-order valence-electron chi connectivity index (χ2n) is 7.64. The van der Waals surface area contributed by atoms with Crippen LogP contribution in [0.25, 0.3) is 23.1 Å². The molecule has 35 heavy (non-hydrogen) atoms. The summed E-state index contributed by atoms with van der Waals surface area (Å²) >= 11 is 0. The molecule has 1 aliphatic heterocycles. The number of benzene rings is 1. The van der Waals surface area contributed by atoms with Crippen LogP contribution in [0, 0.1) is 5.82 Å². The normalized spacial score (nSPS) is 14.2. The standard InChI is InChI=1S/C23H18F4N6O2/c24-17-12-29-20(32-21(17)33-6-8-34-9-7-33)19-13-35-22(31-19)18-5-4-16(11-28-18)30-15-3-1-2-14(10-15)23(25,26)27/h1-5,10-13,30H,6-9H2. The minimum atomic E-state index is -4.43. The summed E-state index contributed by atoms with van der Waals surface area (Å²) in [5.41, 5.74) is 0.706. The van der Waals surface area contributed by atoms with Crippen LogP contribution in [0.4, 0.5) is 34.8 Å². The number of pyridine rings is 1. The van der Waals surface area contributed by atoms with Crippen molar-refractivity contribution in [3.8, 4) is 23.1 Å². The van der Waals surface area contributed by atoms with Crippen LogP contribution < -0.4 is 10.2 Å². The number of morpholine rings is 1. The van der Waals surface area contributed by atoms with E-state index in [0.717, 1.165) is 18.3 Å². The van der Waals surface area contributed by atoms with Crippen LogP contribution in [-0.4, -0.2) is 46.2 Å². The lowest BCUT2D eigenvalue weighted by Crippen LogP contribution is -2.37. The Morgan fingerprint density at radius 3 is 2.49 bits per heavy atom. The fourth-order valence-corrected chi connectivity index (χ4v) is 3.51. The van der Waals surface area contributed by atoms with Crippen LogP contribution in [0.15, 0.2) is 59.5 Å². The summed E-state index contributed by atoms with van der Waals surface area (Å²) in [6, 6.07) is 8.11. The molecule has 1 saturated heterocycles. The molecular formula is C23H18F4N6O2. The van der Waals surface area contributed by atoms with Gasteiger partial charge in [0, 0.05) is 18.8 Å². The molecule has 8 nitrogen and oxygen atoms in total. The van der Waals surface area contributed by atoms with Crippen LogP contribution in [0.5, 0.6) is 0 Å². The van der Waals surface area contributed by atoms with Gasteiger partial charge < -0.3 is 19.4 Å². The molecule has 4 aromatic rings. The van der Waals surface area contributed by atoms with Crippen LogP contribution in [-0.2, 0) is 10.9 Å². The van der Waals surface area contributed by atoms with E-state index in [-0.39, 0.29) is 23.2 Å². The third-order valence-electron chi connectivity index (χ3n) is 5.23. The van der Waals surface area contributed by atoms with Gasteiger partial charge in [-0.3, -0.25) is 0 Å². The first kappa shape index (κ1) is 22.7. The second kappa shape index (κ2) is 9.29. The molecule has 1 aromatic carbocycles. The number of nitrogens with one attached hydrogen (secondary N) is 1. The molecule has 180 valence electrons. The van der Waals surface area contributed by atoms with Crippen molar-refractivity contribution in [3.63, 3.8) is 0 Å². The molecule has 0 radical (unpaired) electrons. The number of rotatable bonds is 5. The van der Waals surface area contributed by atoms with Crippen molar-refractivity contribution in [2.75, 3.05) is 36.5 Å². The highest BCUT2D eigenvalue weighted by atomic mass is 19.4. The predicted octanol–water partition coefficient (Wildman–Crippen LogP) is 4.93. The van der Waals surface area contributed by atoms with E-state index >= 15 is 0 Å². The molecule has 1 fully saturated rings. The van der Waals surface area contributed by atoms with Crippen molar-refractivity contribution in [1.82, 2.24) is 19.9 Å². The van der Waals surface area contributed by atoms with E-state index < -0.39 is 17.6 Å². The van der Waals surface area contributed by atoms with E-state index in [4.69, 9.17) is 9.15 Å². The van der Waals surface area contributed by atoms with Gasteiger partial charge in [0.1, 0.15) is 17.7 Å². The van der Waals surface area contributed by atoms with Gasteiger partial charge in [-0.25, -0.2) is 24.3 Å². The zero-order valence-electron chi connectivity index (χ0n) is 18.1. The van der Waals surface area contributed by atoms with Gasteiger partial charge >= 0.3 is 6.18 Å². The zero-order chi connectivity index (χ0) is 24.4. The summed E-state index contributed by atoms with van der Waals surface area (Å²) in [6.45, 7) is 2.00. The van der Waals surface area contributed by atoms with Crippen molar-refractivity contribution >= 4 is 17.2 Å². The average Bonchev–Trinajstić information content (AvgIpc) is 3.35. The number of hydrogen-bond acceptors (Lipinski definition) is 8. The Labute approximate surface area is 196 Å². The molecule has 3 aromatic heterocycles. The van der Waals surface area contributed by atoms with Crippen molar-refractivity contribution in [1.29, 1.82) is 0 Å². The molecule has 5 rings (SSSR count). The largest absolute Gasteiger partial charge is 0.443 e. The average molecular weight is 486 g/mol. The number of anilines is 3. The summed E-state index contributed by atoms with van der Waals surface area (Å²) < 4.78 is 63.8. The van der Waals surface area contributed by atoms with E-state index in [0.29, 0.717) is 43.4 Å². The highest BCUT2D eigenvalue weighted by Crippen LogP contribution is 2.31. The number of aromatic nitrogens is 4. The van der Waals surface area contributed by atoms with E-state index in [9.17, 15) is 17.6 Å². The molecule has 1 N–H and O–H groups in total. The van der Waals surface area contributed by atoms with Crippen molar-refractivity contribution in [2.45, 2.75) is 6.18 Å². The third-order valence-corrected chi connectivity index (χ3v) is 5.23. The lowest BCUT2D eigenvalue weighted by atomic mass is 10.2. The molecule has 0 aliphatic carbocycles. The number of oxazole rings is 1. The smallest absolute Gasteiger partial charge is 0.416 e. The van der Waals surface area contributed by atoms with E-state index in [1.807, 2.05) is 0 Å². The maximum atomic E-state index is 14.3. The summed E-state index contributed by atoms with van der Waals surface area (Å²) in [4.78, 5) is 18.7. The Morgan fingerprint density at radius 2 is 1.74 bits per heavy atom. The summed E-state index contributed by atoms with van der Waals surface area (Å²) in [5.74, 6) is 0.0214. The van der Waals surface area contributed by atoms with Gasteiger partial charge in [-0.05, 0) is 30.3 Å². The number of alkyl halides is 3. The Hall–Kier alpha value is -4.06. The highest BCUT2D eigenvalue weighted by Gasteiger charge is 2.30. The van der Waals surface area contributed by atoms with Crippen molar-refractivity contribution in [3.05, 3.63) is 66.4 Å². The molecule has 0 atom stereocenters. The minimum Gasteiger partial charge on any atom is -0.443 e. The monoisotopic (exact) mass is 486 g/mol. The predicted molar refractivity (Wildman–Crippen MR) is 118 cm³/mol. The topological polar surface area (TPSA) is 89.2 Å². The first-order valence-electron chi connectivity index (χ1n) is 10.6. The quantitative estimate of drug-likeness (QED) is 0.397. The Bertz CT molecular complexity index is 1320. The molecule has 1 aliphatic rings. The Morgan fingerprint density at radius 1 is 0.914 bits per heavy atom. The van der Waals surface area contributed by atoms with Gasteiger partial charge in [0.2, 0.25) is 5.89 Å². The number of nitrogens with zero attached hydrogens (tertiary/aromatic N) is 5. The van der Waals surface area contributed by atoms with E-state index in [1.54, 1.807) is 17.0 Å². The van der Waals surface area contributed by atoms with Gasteiger partial charge in [-0.1, -0.05) is 6.07 Å². The van der Waals surface area contributed by atoms with Crippen LogP contribution in [0.1, 0.15) is 5.56 Å². The summed E-state index contributed by atoms with van der Waals surface area (Å²) in [5, 5.41) is 2.89. The zero-order valence-corrected chi connectivity index (χ0v) is 18.1. The van der Waals surface area contributed by atoms with Crippen molar-refractivity contribution < 1.29 is 26.7 Å². The number of ether oxygens (including phenoxy) is 1. The fraction of sp³-hybridized carbons (Fsp3) is 0.217. The molecule has 0 unspecified atom stereocenters. The Balaban J connectivity index is 1.32. The molecule has 0 amide bonds. The van der Waals surface area contributed by atoms with Gasteiger partial charge in [-0.2, -0.15) is 13.2 Å². The molecule has 4 heterocycles. The van der Waals surface area contributed by atoms with Crippen LogP contribution in [0.3, 0.4) is 0 Å². The molecular weight excluding hydrogens is 468 g/mol.